The number of rotatable bonds is 3. The van der Waals surface area contributed by atoms with E-state index in [4.69, 9.17) is 0 Å². The third-order valence-electron chi connectivity index (χ3n) is 4.31. The Balaban J connectivity index is 0.00000243. The summed E-state index contributed by atoms with van der Waals surface area (Å²) in [6.07, 6.45) is 1.65. The highest BCUT2D eigenvalue weighted by molar-refractivity contribution is 7.90. The molecule has 2 aromatic rings. The summed E-state index contributed by atoms with van der Waals surface area (Å²) in [5, 5.41) is 5.71. The monoisotopic (exact) mass is 398 g/mol. The van der Waals surface area contributed by atoms with Crippen LogP contribution in [-0.4, -0.2) is 27.1 Å². The number of fused-ring (bicyclic) bond motifs is 1. The Labute approximate surface area is 158 Å². The van der Waals surface area contributed by atoms with E-state index in [1.165, 1.54) is 18.2 Å². The van der Waals surface area contributed by atoms with E-state index in [0.717, 1.165) is 11.8 Å². The van der Waals surface area contributed by atoms with Crippen molar-refractivity contribution < 1.29 is 17.6 Å². The highest BCUT2D eigenvalue weighted by atomic mass is 35.5. The Morgan fingerprint density at radius 3 is 2.65 bits per heavy atom. The first-order valence-electron chi connectivity index (χ1n) is 7.90. The molecule has 2 aromatic carbocycles. The van der Waals surface area contributed by atoms with Gasteiger partial charge in [0.1, 0.15) is 5.82 Å². The second kappa shape index (κ2) is 7.73. The minimum atomic E-state index is -3.44. The van der Waals surface area contributed by atoms with Crippen molar-refractivity contribution >= 4 is 33.8 Å². The van der Waals surface area contributed by atoms with Crippen molar-refractivity contribution in [1.82, 2.24) is 5.32 Å². The fourth-order valence-corrected chi connectivity index (χ4v) is 3.96. The SMILES string of the molecule is Cc1ccc(C(=O)Nc2ccc3c(c2F)CCNC3)cc1S(C)(=O)=O.Cl. The number of hydrogen-bond donors (Lipinski definition) is 2. The molecule has 0 unspecified atom stereocenters. The number of carbonyl (C=O) groups is 1. The number of benzene rings is 2. The second-order valence-corrected chi connectivity index (χ2v) is 8.18. The van der Waals surface area contributed by atoms with Gasteiger partial charge in [0.15, 0.2) is 9.84 Å². The number of amides is 1. The fourth-order valence-electron chi connectivity index (χ4n) is 2.97. The van der Waals surface area contributed by atoms with Gasteiger partial charge in [0.25, 0.3) is 5.91 Å². The predicted molar refractivity (Wildman–Crippen MR) is 101 cm³/mol. The summed E-state index contributed by atoms with van der Waals surface area (Å²) >= 11 is 0. The minimum Gasteiger partial charge on any atom is -0.319 e. The Hall–Kier alpha value is -1.96. The summed E-state index contributed by atoms with van der Waals surface area (Å²) in [6.45, 7) is 2.96. The number of anilines is 1. The van der Waals surface area contributed by atoms with Crippen molar-refractivity contribution in [3.63, 3.8) is 0 Å². The summed E-state index contributed by atoms with van der Waals surface area (Å²) in [5.41, 5.74) is 2.33. The van der Waals surface area contributed by atoms with E-state index in [0.29, 0.717) is 30.6 Å². The maximum absolute atomic E-state index is 14.6. The summed E-state index contributed by atoms with van der Waals surface area (Å²) in [4.78, 5) is 12.5. The van der Waals surface area contributed by atoms with Gasteiger partial charge in [-0.05, 0) is 54.8 Å². The topological polar surface area (TPSA) is 75.3 Å². The Bertz CT molecular complexity index is 961. The lowest BCUT2D eigenvalue weighted by atomic mass is 9.99. The van der Waals surface area contributed by atoms with Crippen LogP contribution in [0.15, 0.2) is 35.2 Å². The summed E-state index contributed by atoms with van der Waals surface area (Å²) in [7, 11) is -3.44. The van der Waals surface area contributed by atoms with Crippen molar-refractivity contribution in [2.45, 2.75) is 24.8 Å². The van der Waals surface area contributed by atoms with Gasteiger partial charge >= 0.3 is 0 Å². The smallest absolute Gasteiger partial charge is 0.255 e. The third kappa shape index (κ3) is 4.06. The van der Waals surface area contributed by atoms with Gasteiger partial charge in [0.2, 0.25) is 0 Å². The van der Waals surface area contributed by atoms with E-state index in [9.17, 15) is 17.6 Å². The van der Waals surface area contributed by atoms with E-state index in [1.54, 1.807) is 19.1 Å². The number of hydrogen-bond acceptors (Lipinski definition) is 4. The molecular formula is C18H20ClFN2O3S. The molecule has 1 aliphatic heterocycles. The fraction of sp³-hybridized carbons (Fsp3) is 0.278. The van der Waals surface area contributed by atoms with Gasteiger partial charge in [-0.2, -0.15) is 0 Å². The molecule has 0 bridgehead atoms. The molecular weight excluding hydrogens is 379 g/mol. The molecule has 1 heterocycles. The number of sulfone groups is 1. The molecule has 0 radical (unpaired) electrons. The van der Waals surface area contributed by atoms with Crippen LogP contribution in [0.25, 0.3) is 0 Å². The van der Waals surface area contributed by atoms with Crippen molar-refractivity contribution in [2.24, 2.45) is 0 Å². The molecule has 1 amide bonds. The quantitative estimate of drug-likeness (QED) is 0.833. The van der Waals surface area contributed by atoms with E-state index in [-0.39, 0.29) is 28.6 Å². The van der Waals surface area contributed by atoms with E-state index in [1.807, 2.05) is 0 Å². The molecule has 0 atom stereocenters. The molecule has 2 N–H and O–H groups in total. The molecule has 0 aliphatic carbocycles. The first-order valence-corrected chi connectivity index (χ1v) is 9.79. The molecule has 0 spiro atoms. The third-order valence-corrected chi connectivity index (χ3v) is 5.54. The molecule has 5 nitrogen and oxygen atoms in total. The van der Waals surface area contributed by atoms with Crippen LogP contribution < -0.4 is 10.6 Å². The van der Waals surface area contributed by atoms with Crippen molar-refractivity contribution in [3.05, 3.63) is 58.4 Å². The largest absolute Gasteiger partial charge is 0.319 e. The normalized spacial score (nSPS) is 13.5. The standard InChI is InChI=1S/C18H19FN2O3S.ClH/c1-11-3-4-12(9-16(11)25(2,23)24)18(22)21-15-6-5-13-10-20-8-7-14(13)17(15)19;/h3-6,9,20H,7-8,10H2,1-2H3,(H,21,22);1H. The van der Waals surface area contributed by atoms with Gasteiger partial charge in [0.05, 0.1) is 10.6 Å². The van der Waals surface area contributed by atoms with Crippen molar-refractivity contribution in [1.29, 1.82) is 0 Å². The van der Waals surface area contributed by atoms with Crippen LogP contribution in [0, 0.1) is 12.7 Å². The highest BCUT2D eigenvalue weighted by Gasteiger charge is 2.19. The number of halogens is 2. The van der Waals surface area contributed by atoms with Crippen LogP contribution in [0.2, 0.25) is 0 Å². The molecule has 0 fully saturated rings. The Morgan fingerprint density at radius 2 is 1.96 bits per heavy atom. The lowest BCUT2D eigenvalue weighted by Gasteiger charge is -2.19. The molecule has 140 valence electrons. The molecule has 3 rings (SSSR count). The van der Waals surface area contributed by atoms with Crippen LogP contribution >= 0.6 is 12.4 Å². The van der Waals surface area contributed by atoms with E-state index in [2.05, 4.69) is 10.6 Å². The van der Waals surface area contributed by atoms with Crippen LogP contribution in [0.3, 0.4) is 0 Å². The lowest BCUT2D eigenvalue weighted by molar-refractivity contribution is 0.102. The zero-order chi connectivity index (χ0) is 18.2. The average Bonchev–Trinajstić information content (AvgIpc) is 2.57. The lowest BCUT2D eigenvalue weighted by Crippen LogP contribution is -2.25. The van der Waals surface area contributed by atoms with E-state index >= 15 is 0 Å². The molecule has 0 aromatic heterocycles. The Kier molecular flexibility index (Phi) is 6.05. The van der Waals surface area contributed by atoms with Crippen molar-refractivity contribution in [3.8, 4) is 0 Å². The second-order valence-electron chi connectivity index (χ2n) is 6.20. The highest BCUT2D eigenvalue weighted by Crippen LogP contribution is 2.25. The molecule has 8 heteroatoms. The molecule has 26 heavy (non-hydrogen) atoms. The zero-order valence-corrected chi connectivity index (χ0v) is 16.1. The van der Waals surface area contributed by atoms with Crippen LogP contribution in [0.4, 0.5) is 10.1 Å². The van der Waals surface area contributed by atoms with Crippen LogP contribution in [0.1, 0.15) is 27.0 Å². The summed E-state index contributed by atoms with van der Waals surface area (Å²) in [5.74, 6) is -0.972. The van der Waals surface area contributed by atoms with Gasteiger partial charge < -0.3 is 10.6 Å². The van der Waals surface area contributed by atoms with Gasteiger partial charge in [-0.1, -0.05) is 12.1 Å². The van der Waals surface area contributed by atoms with Gasteiger partial charge in [-0.15, -0.1) is 12.4 Å². The first kappa shape index (κ1) is 20.4. The van der Waals surface area contributed by atoms with Gasteiger partial charge in [-0.25, -0.2) is 12.8 Å². The first-order chi connectivity index (χ1) is 11.8. The molecule has 0 saturated carbocycles. The molecule has 1 aliphatic rings. The van der Waals surface area contributed by atoms with Crippen LogP contribution in [-0.2, 0) is 22.8 Å². The average molecular weight is 399 g/mol. The number of nitrogens with one attached hydrogen (secondary N) is 2. The number of aryl methyl sites for hydroxylation is 1. The van der Waals surface area contributed by atoms with Crippen LogP contribution in [0.5, 0.6) is 0 Å². The maximum Gasteiger partial charge on any atom is 0.255 e. The Morgan fingerprint density at radius 1 is 1.23 bits per heavy atom. The van der Waals surface area contributed by atoms with Gasteiger partial charge in [-0.3, -0.25) is 4.79 Å². The van der Waals surface area contributed by atoms with E-state index < -0.39 is 21.6 Å². The minimum absolute atomic E-state index is 0. The molecule has 0 saturated heterocycles. The predicted octanol–water partition coefficient (Wildman–Crippen LogP) is 2.86. The number of carbonyl (C=O) groups excluding carboxylic acids is 1. The summed E-state index contributed by atoms with van der Waals surface area (Å²) in [6, 6.07) is 7.74. The van der Waals surface area contributed by atoms with Gasteiger partial charge in [0, 0.05) is 18.4 Å². The zero-order valence-electron chi connectivity index (χ0n) is 14.4. The summed E-state index contributed by atoms with van der Waals surface area (Å²) < 4.78 is 38.2. The van der Waals surface area contributed by atoms with Crippen molar-refractivity contribution in [2.75, 3.05) is 18.1 Å². The maximum atomic E-state index is 14.6.